The molecule has 1 saturated heterocycles. The van der Waals surface area contributed by atoms with E-state index < -0.39 is 0 Å². The van der Waals surface area contributed by atoms with Crippen LogP contribution < -0.4 is 5.73 Å². The maximum Gasteiger partial charge on any atom is 0.241 e. The molecule has 1 fully saturated rings. The third-order valence-corrected chi connectivity index (χ3v) is 3.03. The van der Waals surface area contributed by atoms with E-state index in [0.29, 0.717) is 0 Å². The van der Waals surface area contributed by atoms with Gasteiger partial charge in [0, 0.05) is 6.54 Å². The summed E-state index contributed by atoms with van der Waals surface area (Å²) in [7, 11) is 0. The van der Waals surface area contributed by atoms with Gasteiger partial charge in [-0.05, 0) is 37.4 Å². The Kier molecular flexibility index (Phi) is 5.00. The zero-order valence-electron chi connectivity index (χ0n) is 10.5. The van der Waals surface area contributed by atoms with Gasteiger partial charge in [-0.25, -0.2) is 0 Å². The molecule has 1 amide bonds. The summed E-state index contributed by atoms with van der Waals surface area (Å²) in [6.07, 6.45) is 8.73. The highest BCUT2D eigenvalue weighted by Crippen LogP contribution is 2.21. The van der Waals surface area contributed by atoms with Crippen LogP contribution in [0.3, 0.4) is 0 Å². The van der Waals surface area contributed by atoms with Crippen LogP contribution in [-0.4, -0.2) is 30.4 Å². The second-order valence-corrected chi connectivity index (χ2v) is 5.41. The van der Waals surface area contributed by atoms with Gasteiger partial charge in [0.1, 0.15) is 0 Å². The number of primary amides is 1. The molecule has 0 bridgehead atoms. The molecule has 1 aliphatic rings. The second-order valence-electron chi connectivity index (χ2n) is 5.41. The predicted molar refractivity (Wildman–Crippen MR) is 67.0 cm³/mol. The molecule has 0 aromatic rings. The molecule has 1 heterocycles. The molecule has 0 unspecified atom stereocenters. The van der Waals surface area contributed by atoms with Crippen molar-refractivity contribution in [1.82, 2.24) is 4.90 Å². The molecule has 0 spiro atoms. The molecule has 3 nitrogen and oxygen atoms in total. The minimum Gasteiger partial charge on any atom is -0.366 e. The van der Waals surface area contributed by atoms with Crippen LogP contribution in [-0.2, 0) is 4.79 Å². The quantitative estimate of drug-likeness (QED) is 0.742. The molecule has 1 rings (SSSR count). The van der Waals surface area contributed by atoms with E-state index in [1.54, 1.807) is 0 Å². The Morgan fingerprint density at radius 1 is 1.25 bits per heavy atom. The molecule has 16 heavy (non-hydrogen) atoms. The lowest BCUT2D eigenvalue weighted by Crippen LogP contribution is -2.34. The Bertz CT molecular complexity index is 251. The van der Waals surface area contributed by atoms with E-state index in [1.807, 2.05) is 6.08 Å². The number of carbonyl (C=O) groups excluding carboxylic acids is 1. The smallest absolute Gasteiger partial charge is 0.241 e. The first kappa shape index (κ1) is 13.2. The van der Waals surface area contributed by atoms with E-state index in [2.05, 4.69) is 18.7 Å². The Hall–Kier alpha value is -0.830. The van der Waals surface area contributed by atoms with Gasteiger partial charge in [0.05, 0.1) is 0 Å². The van der Waals surface area contributed by atoms with Crippen molar-refractivity contribution >= 4 is 5.91 Å². The van der Waals surface area contributed by atoms with Crippen molar-refractivity contribution < 1.29 is 4.79 Å². The van der Waals surface area contributed by atoms with Crippen LogP contribution in [0.15, 0.2) is 12.2 Å². The Labute approximate surface area is 98.7 Å². The van der Waals surface area contributed by atoms with Gasteiger partial charge in [-0.15, -0.1) is 0 Å². The fourth-order valence-corrected chi connectivity index (χ4v) is 2.23. The van der Waals surface area contributed by atoms with Gasteiger partial charge in [-0.2, -0.15) is 0 Å². The standard InChI is InChI=1S/C13H24N2O/c1-13(2,8-7-12(14)16)11-15-9-5-3-4-6-10-15/h7-8H,3-6,9-11H2,1-2H3,(H2,14,16)/b8-7-. The lowest BCUT2D eigenvalue weighted by molar-refractivity contribution is -0.113. The molecular formula is C13H24N2O. The molecule has 0 aromatic heterocycles. The van der Waals surface area contributed by atoms with Crippen LogP contribution in [0.25, 0.3) is 0 Å². The highest BCUT2D eigenvalue weighted by Gasteiger charge is 2.19. The number of likely N-dealkylation sites (tertiary alicyclic amines) is 1. The molecule has 0 saturated carbocycles. The van der Waals surface area contributed by atoms with Crippen molar-refractivity contribution in [2.24, 2.45) is 11.1 Å². The summed E-state index contributed by atoms with van der Waals surface area (Å²) >= 11 is 0. The Morgan fingerprint density at radius 3 is 2.31 bits per heavy atom. The molecule has 2 N–H and O–H groups in total. The van der Waals surface area contributed by atoms with E-state index in [0.717, 1.165) is 6.54 Å². The Morgan fingerprint density at radius 2 is 1.81 bits per heavy atom. The van der Waals surface area contributed by atoms with Crippen LogP contribution in [0.5, 0.6) is 0 Å². The average Bonchev–Trinajstić information content (AvgIpc) is 2.43. The largest absolute Gasteiger partial charge is 0.366 e. The third kappa shape index (κ3) is 5.31. The highest BCUT2D eigenvalue weighted by atomic mass is 16.1. The van der Waals surface area contributed by atoms with Crippen LogP contribution in [0.2, 0.25) is 0 Å². The average molecular weight is 224 g/mol. The first-order valence-corrected chi connectivity index (χ1v) is 6.21. The first-order valence-electron chi connectivity index (χ1n) is 6.21. The van der Waals surface area contributed by atoms with Crippen LogP contribution in [0.4, 0.5) is 0 Å². The van der Waals surface area contributed by atoms with Crippen LogP contribution >= 0.6 is 0 Å². The Balaban J connectivity index is 2.46. The molecule has 0 atom stereocenters. The first-order chi connectivity index (χ1) is 7.49. The molecule has 1 aliphatic heterocycles. The van der Waals surface area contributed by atoms with Gasteiger partial charge in [0.15, 0.2) is 0 Å². The summed E-state index contributed by atoms with van der Waals surface area (Å²) in [6.45, 7) is 7.69. The number of hydrogen-bond acceptors (Lipinski definition) is 2. The monoisotopic (exact) mass is 224 g/mol. The summed E-state index contributed by atoms with van der Waals surface area (Å²) in [5.74, 6) is -0.357. The van der Waals surface area contributed by atoms with Crippen molar-refractivity contribution in [1.29, 1.82) is 0 Å². The number of carbonyl (C=O) groups is 1. The van der Waals surface area contributed by atoms with E-state index in [9.17, 15) is 4.79 Å². The summed E-state index contributed by atoms with van der Waals surface area (Å²) in [4.78, 5) is 13.2. The molecule has 0 aromatic carbocycles. The lowest BCUT2D eigenvalue weighted by atomic mass is 9.92. The summed E-state index contributed by atoms with van der Waals surface area (Å²) in [5, 5.41) is 0. The fraction of sp³-hybridized carbons (Fsp3) is 0.769. The number of nitrogens with zero attached hydrogens (tertiary/aromatic N) is 1. The van der Waals surface area contributed by atoms with E-state index in [1.165, 1.54) is 44.8 Å². The second kappa shape index (κ2) is 6.04. The molecule has 92 valence electrons. The van der Waals surface area contributed by atoms with Crippen molar-refractivity contribution in [2.45, 2.75) is 39.5 Å². The summed E-state index contributed by atoms with van der Waals surface area (Å²) < 4.78 is 0. The predicted octanol–water partition coefficient (Wildman–Crippen LogP) is 1.93. The lowest BCUT2D eigenvalue weighted by Gasteiger charge is -2.29. The normalized spacial score (nSPS) is 19.9. The van der Waals surface area contributed by atoms with Gasteiger partial charge >= 0.3 is 0 Å². The van der Waals surface area contributed by atoms with Crippen LogP contribution in [0.1, 0.15) is 39.5 Å². The van der Waals surface area contributed by atoms with Gasteiger partial charge in [-0.3, -0.25) is 4.79 Å². The number of nitrogens with two attached hydrogens (primary N) is 1. The number of rotatable bonds is 4. The minimum absolute atomic E-state index is 0.0272. The van der Waals surface area contributed by atoms with Crippen LogP contribution in [0, 0.1) is 5.41 Å². The van der Waals surface area contributed by atoms with Crippen molar-refractivity contribution in [3.8, 4) is 0 Å². The zero-order chi connectivity index (χ0) is 12.0. The van der Waals surface area contributed by atoms with E-state index >= 15 is 0 Å². The van der Waals surface area contributed by atoms with Crippen molar-refractivity contribution in [2.75, 3.05) is 19.6 Å². The van der Waals surface area contributed by atoms with Gasteiger partial charge in [0.25, 0.3) is 0 Å². The van der Waals surface area contributed by atoms with E-state index in [-0.39, 0.29) is 11.3 Å². The number of amides is 1. The summed E-state index contributed by atoms with van der Waals surface area (Å²) in [6, 6.07) is 0. The van der Waals surface area contributed by atoms with E-state index in [4.69, 9.17) is 5.73 Å². The fourth-order valence-electron chi connectivity index (χ4n) is 2.23. The minimum atomic E-state index is -0.357. The SMILES string of the molecule is CC(C)(/C=C\C(N)=O)CN1CCCCCC1. The zero-order valence-corrected chi connectivity index (χ0v) is 10.5. The van der Waals surface area contributed by atoms with Crippen molar-refractivity contribution in [3.05, 3.63) is 12.2 Å². The van der Waals surface area contributed by atoms with Crippen molar-refractivity contribution in [3.63, 3.8) is 0 Å². The van der Waals surface area contributed by atoms with Gasteiger partial charge in [0.2, 0.25) is 5.91 Å². The third-order valence-electron chi connectivity index (χ3n) is 3.03. The maximum atomic E-state index is 10.7. The summed E-state index contributed by atoms with van der Waals surface area (Å²) in [5.41, 5.74) is 5.15. The topological polar surface area (TPSA) is 46.3 Å². The number of hydrogen-bond donors (Lipinski definition) is 1. The maximum absolute atomic E-state index is 10.7. The molecule has 0 aliphatic carbocycles. The van der Waals surface area contributed by atoms with Gasteiger partial charge < -0.3 is 10.6 Å². The molecule has 3 heteroatoms. The van der Waals surface area contributed by atoms with Gasteiger partial charge in [-0.1, -0.05) is 32.8 Å². The molecule has 0 radical (unpaired) electrons. The molecular weight excluding hydrogens is 200 g/mol. The highest BCUT2D eigenvalue weighted by molar-refractivity contribution is 5.85.